The molecule has 0 aliphatic carbocycles. The van der Waals surface area contributed by atoms with Crippen LogP contribution < -0.4 is 5.32 Å². The number of halogens is 2. The standard InChI is InChI=1S/C11H13BrClNO/c1-7(13)11(15)14-8(2)9-3-5-10(12)6-4-9/h3-8H,1-2H3,(H,14,15)/t7?,8-/m0/s1. The lowest BCUT2D eigenvalue weighted by atomic mass is 10.1. The number of nitrogens with one attached hydrogen (secondary N) is 1. The molecule has 1 N–H and O–H groups in total. The first-order chi connectivity index (χ1) is 7.00. The average Bonchev–Trinajstić information content (AvgIpc) is 2.18. The van der Waals surface area contributed by atoms with Crippen molar-refractivity contribution in [1.29, 1.82) is 0 Å². The largest absolute Gasteiger partial charge is 0.348 e. The van der Waals surface area contributed by atoms with Crippen LogP contribution in [0.1, 0.15) is 25.5 Å². The molecule has 0 radical (unpaired) electrons. The summed E-state index contributed by atoms with van der Waals surface area (Å²) in [5, 5.41) is 2.33. The van der Waals surface area contributed by atoms with Gasteiger partial charge >= 0.3 is 0 Å². The Morgan fingerprint density at radius 2 is 1.87 bits per heavy atom. The molecule has 82 valence electrons. The van der Waals surface area contributed by atoms with Gasteiger partial charge < -0.3 is 5.32 Å². The topological polar surface area (TPSA) is 29.1 Å². The van der Waals surface area contributed by atoms with E-state index in [1.54, 1.807) is 6.92 Å². The number of amides is 1. The fourth-order valence-electron chi connectivity index (χ4n) is 1.16. The van der Waals surface area contributed by atoms with E-state index in [0.717, 1.165) is 10.0 Å². The SMILES string of the molecule is CC(Cl)C(=O)N[C@@H](C)c1ccc(Br)cc1. The van der Waals surface area contributed by atoms with Gasteiger partial charge in [0.05, 0.1) is 6.04 Å². The molecule has 0 aliphatic heterocycles. The van der Waals surface area contributed by atoms with Crippen molar-refractivity contribution in [3.8, 4) is 0 Å². The third-order valence-corrected chi connectivity index (χ3v) is 2.82. The van der Waals surface area contributed by atoms with Gasteiger partial charge in [-0.15, -0.1) is 11.6 Å². The molecule has 0 heterocycles. The van der Waals surface area contributed by atoms with Gasteiger partial charge in [-0.1, -0.05) is 28.1 Å². The summed E-state index contributed by atoms with van der Waals surface area (Å²) in [5.74, 6) is -0.146. The van der Waals surface area contributed by atoms with E-state index in [0.29, 0.717) is 0 Å². The number of rotatable bonds is 3. The lowest BCUT2D eigenvalue weighted by Crippen LogP contribution is -2.31. The second-order valence-electron chi connectivity index (χ2n) is 3.40. The number of hydrogen-bond donors (Lipinski definition) is 1. The number of carbonyl (C=O) groups is 1. The Balaban J connectivity index is 2.65. The summed E-state index contributed by atoms with van der Waals surface area (Å²) in [5.41, 5.74) is 1.06. The summed E-state index contributed by atoms with van der Waals surface area (Å²) < 4.78 is 1.02. The smallest absolute Gasteiger partial charge is 0.238 e. The number of carbonyl (C=O) groups excluding carboxylic acids is 1. The van der Waals surface area contributed by atoms with Crippen LogP contribution in [0.2, 0.25) is 0 Å². The van der Waals surface area contributed by atoms with E-state index in [1.165, 1.54) is 0 Å². The summed E-state index contributed by atoms with van der Waals surface area (Å²) in [4.78, 5) is 11.3. The quantitative estimate of drug-likeness (QED) is 0.851. The minimum absolute atomic E-state index is 0.0215. The molecular weight excluding hydrogens is 277 g/mol. The van der Waals surface area contributed by atoms with Crippen LogP contribution in [-0.4, -0.2) is 11.3 Å². The highest BCUT2D eigenvalue weighted by Crippen LogP contribution is 2.16. The van der Waals surface area contributed by atoms with E-state index < -0.39 is 5.38 Å². The van der Waals surface area contributed by atoms with Crippen LogP contribution in [0.5, 0.6) is 0 Å². The van der Waals surface area contributed by atoms with Crippen molar-refractivity contribution < 1.29 is 4.79 Å². The van der Waals surface area contributed by atoms with E-state index >= 15 is 0 Å². The zero-order valence-electron chi connectivity index (χ0n) is 8.63. The van der Waals surface area contributed by atoms with Gasteiger partial charge in [0.15, 0.2) is 0 Å². The molecule has 15 heavy (non-hydrogen) atoms. The summed E-state index contributed by atoms with van der Waals surface area (Å²) >= 11 is 9.03. The van der Waals surface area contributed by atoms with Crippen molar-refractivity contribution in [3.63, 3.8) is 0 Å². The second kappa shape index (κ2) is 5.52. The highest BCUT2D eigenvalue weighted by molar-refractivity contribution is 9.10. The zero-order valence-corrected chi connectivity index (χ0v) is 11.0. The molecule has 2 atom stereocenters. The van der Waals surface area contributed by atoms with E-state index in [9.17, 15) is 4.79 Å². The summed E-state index contributed by atoms with van der Waals surface area (Å²) in [6.45, 7) is 3.59. The molecule has 1 aromatic carbocycles. The van der Waals surface area contributed by atoms with Crippen LogP contribution in [0, 0.1) is 0 Å². The predicted octanol–water partition coefficient (Wildman–Crippen LogP) is 3.25. The van der Waals surface area contributed by atoms with Crippen LogP contribution in [0.4, 0.5) is 0 Å². The van der Waals surface area contributed by atoms with Crippen molar-refractivity contribution in [2.24, 2.45) is 0 Å². The Kier molecular flexibility index (Phi) is 4.61. The maximum Gasteiger partial charge on any atom is 0.238 e. The Morgan fingerprint density at radius 1 is 1.33 bits per heavy atom. The summed E-state index contributed by atoms with van der Waals surface area (Å²) in [6.07, 6.45) is 0. The molecule has 2 nitrogen and oxygen atoms in total. The Morgan fingerprint density at radius 3 is 2.33 bits per heavy atom. The van der Waals surface area contributed by atoms with Crippen molar-refractivity contribution in [2.75, 3.05) is 0 Å². The molecule has 0 fully saturated rings. The fourth-order valence-corrected chi connectivity index (χ4v) is 1.49. The van der Waals surface area contributed by atoms with Crippen molar-refractivity contribution in [2.45, 2.75) is 25.3 Å². The fraction of sp³-hybridized carbons (Fsp3) is 0.364. The highest BCUT2D eigenvalue weighted by Gasteiger charge is 2.13. The zero-order chi connectivity index (χ0) is 11.4. The first kappa shape index (κ1) is 12.5. The van der Waals surface area contributed by atoms with Crippen LogP contribution in [0.15, 0.2) is 28.7 Å². The van der Waals surface area contributed by atoms with Crippen LogP contribution in [0.25, 0.3) is 0 Å². The van der Waals surface area contributed by atoms with Gasteiger partial charge in [-0.2, -0.15) is 0 Å². The second-order valence-corrected chi connectivity index (χ2v) is 4.97. The van der Waals surface area contributed by atoms with Gasteiger partial charge in [-0.05, 0) is 31.5 Å². The van der Waals surface area contributed by atoms with Gasteiger partial charge in [0.1, 0.15) is 5.38 Å². The Labute approximate surface area is 103 Å². The lowest BCUT2D eigenvalue weighted by Gasteiger charge is -2.15. The maximum absolute atomic E-state index is 11.3. The van der Waals surface area contributed by atoms with Gasteiger partial charge in [0.25, 0.3) is 0 Å². The summed E-state index contributed by atoms with van der Waals surface area (Å²) in [6, 6.07) is 7.80. The predicted molar refractivity (Wildman–Crippen MR) is 66.0 cm³/mol. The Bertz CT molecular complexity index is 337. The van der Waals surface area contributed by atoms with Crippen molar-refractivity contribution in [3.05, 3.63) is 34.3 Å². The van der Waals surface area contributed by atoms with Crippen molar-refractivity contribution in [1.82, 2.24) is 5.32 Å². The number of hydrogen-bond acceptors (Lipinski definition) is 1. The molecule has 0 bridgehead atoms. The van der Waals surface area contributed by atoms with E-state index in [4.69, 9.17) is 11.6 Å². The van der Waals surface area contributed by atoms with Crippen LogP contribution >= 0.6 is 27.5 Å². The lowest BCUT2D eigenvalue weighted by molar-refractivity contribution is -0.121. The van der Waals surface area contributed by atoms with Crippen LogP contribution in [0.3, 0.4) is 0 Å². The minimum atomic E-state index is -0.497. The molecule has 1 rings (SSSR count). The van der Waals surface area contributed by atoms with Gasteiger partial charge in [0.2, 0.25) is 5.91 Å². The molecule has 1 amide bonds. The Hall–Kier alpha value is -0.540. The third-order valence-electron chi connectivity index (χ3n) is 2.09. The van der Waals surface area contributed by atoms with Gasteiger partial charge in [0, 0.05) is 4.47 Å². The molecule has 0 aromatic heterocycles. The minimum Gasteiger partial charge on any atom is -0.348 e. The molecule has 0 saturated heterocycles. The summed E-state index contributed by atoms with van der Waals surface area (Å²) in [7, 11) is 0. The average molecular weight is 291 g/mol. The molecule has 1 unspecified atom stereocenters. The molecule has 0 saturated carbocycles. The van der Waals surface area contributed by atoms with E-state index in [2.05, 4.69) is 21.2 Å². The highest BCUT2D eigenvalue weighted by atomic mass is 79.9. The van der Waals surface area contributed by atoms with Crippen LogP contribution in [-0.2, 0) is 4.79 Å². The number of alkyl halides is 1. The molecule has 0 aliphatic rings. The normalized spacial score (nSPS) is 14.4. The molecule has 1 aromatic rings. The van der Waals surface area contributed by atoms with Crippen molar-refractivity contribution >= 4 is 33.4 Å². The molecule has 4 heteroatoms. The van der Waals surface area contributed by atoms with E-state index in [1.807, 2.05) is 31.2 Å². The number of benzene rings is 1. The molecule has 0 spiro atoms. The molecular formula is C11H13BrClNO. The first-order valence-electron chi connectivity index (χ1n) is 4.70. The van der Waals surface area contributed by atoms with Gasteiger partial charge in [-0.25, -0.2) is 0 Å². The monoisotopic (exact) mass is 289 g/mol. The van der Waals surface area contributed by atoms with E-state index in [-0.39, 0.29) is 11.9 Å². The maximum atomic E-state index is 11.3. The first-order valence-corrected chi connectivity index (χ1v) is 5.93. The third kappa shape index (κ3) is 3.84. The van der Waals surface area contributed by atoms with Gasteiger partial charge in [-0.3, -0.25) is 4.79 Å².